The number of carbonyl (C=O) groups excluding carboxylic acids is 1. The third kappa shape index (κ3) is 0.620. The van der Waals surface area contributed by atoms with E-state index < -0.39 is 0 Å². The van der Waals surface area contributed by atoms with Crippen molar-refractivity contribution < 1.29 is 4.79 Å². The molecule has 0 unspecified atom stereocenters. The number of fused-ring (bicyclic) bond motifs is 1. The second-order valence-corrected chi connectivity index (χ2v) is 2.21. The summed E-state index contributed by atoms with van der Waals surface area (Å²) in [6.45, 7) is 1.72. The minimum atomic E-state index is -0.00407. The first-order valence-electron chi connectivity index (χ1n) is 3.11. The summed E-state index contributed by atoms with van der Waals surface area (Å²) >= 11 is 0. The number of amides is 1. The summed E-state index contributed by atoms with van der Waals surface area (Å²) in [4.78, 5) is 10.9. The third-order valence-corrected chi connectivity index (χ3v) is 1.56. The Labute approximate surface area is 58.9 Å². The second-order valence-electron chi connectivity index (χ2n) is 2.21. The van der Waals surface area contributed by atoms with Crippen LogP contribution in [0.15, 0.2) is 24.3 Å². The molecule has 2 heteroatoms. The zero-order valence-electron chi connectivity index (χ0n) is 5.29. The maximum atomic E-state index is 10.9. The number of hydrogen-bond acceptors (Lipinski definition) is 1. The molecule has 1 heterocycles. The number of carbonyl (C=O) groups is 1. The smallest absolute Gasteiger partial charge is 0.252 e. The highest BCUT2D eigenvalue weighted by Gasteiger charge is 2.16. The lowest BCUT2D eigenvalue weighted by molar-refractivity contribution is 0.0975. The topological polar surface area (TPSA) is 29.1 Å². The van der Waals surface area contributed by atoms with E-state index in [-0.39, 0.29) is 5.91 Å². The highest BCUT2D eigenvalue weighted by atomic mass is 16.1. The van der Waals surface area contributed by atoms with E-state index >= 15 is 0 Å². The van der Waals surface area contributed by atoms with Gasteiger partial charge in [-0.25, -0.2) is 0 Å². The van der Waals surface area contributed by atoms with Gasteiger partial charge in [0.2, 0.25) is 0 Å². The van der Waals surface area contributed by atoms with E-state index in [0.29, 0.717) is 0 Å². The molecule has 0 aromatic heterocycles. The Balaban J connectivity index is 2.61. The van der Waals surface area contributed by atoms with Gasteiger partial charge in [0.15, 0.2) is 0 Å². The highest BCUT2D eigenvalue weighted by Crippen LogP contribution is 2.14. The Kier molecular flexibility index (Phi) is 1.01. The van der Waals surface area contributed by atoms with Crippen LogP contribution in [0, 0.1) is 6.54 Å². The summed E-state index contributed by atoms with van der Waals surface area (Å²) in [5, 5.41) is 2.62. The van der Waals surface area contributed by atoms with Crippen LogP contribution in [0.5, 0.6) is 0 Å². The predicted octanol–water partition coefficient (Wildman–Crippen LogP) is 0.940. The molecule has 0 atom stereocenters. The molecule has 1 aromatic rings. The van der Waals surface area contributed by atoms with E-state index in [4.69, 9.17) is 0 Å². The van der Waals surface area contributed by atoms with Crippen LogP contribution in [-0.4, -0.2) is 5.91 Å². The number of benzene rings is 1. The van der Waals surface area contributed by atoms with Crippen LogP contribution in [0.25, 0.3) is 0 Å². The Morgan fingerprint density at radius 1 is 1.20 bits per heavy atom. The lowest BCUT2D eigenvalue weighted by Crippen LogP contribution is -2.10. The Hall–Kier alpha value is -1.31. The number of hydrogen-bond donors (Lipinski definition) is 1. The fourth-order valence-corrected chi connectivity index (χ4v) is 1.05. The first kappa shape index (κ1) is 5.47. The van der Waals surface area contributed by atoms with Crippen LogP contribution in [0.2, 0.25) is 0 Å². The van der Waals surface area contributed by atoms with Crippen LogP contribution in [0.4, 0.5) is 0 Å². The van der Waals surface area contributed by atoms with E-state index in [1.165, 1.54) is 0 Å². The summed E-state index contributed by atoms with van der Waals surface area (Å²) < 4.78 is 0. The summed E-state index contributed by atoms with van der Waals surface area (Å²) in [6.07, 6.45) is 0. The molecule has 1 aliphatic rings. The highest BCUT2D eigenvalue weighted by molar-refractivity contribution is 6.00. The average molecular weight is 132 g/mol. The van der Waals surface area contributed by atoms with Gasteiger partial charge in [0.25, 0.3) is 5.91 Å². The first-order chi connectivity index (χ1) is 4.88. The molecular weight excluding hydrogens is 126 g/mol. The molecule has 1 radical (unpaired) electrons. The average Bonchev–Trinajstić information content (AvgIpc) is 2.34. The number of rotatable bonds is 0. The van der Waals surface area contributed by atoms with Gasteiger partial charge in [0.1, 0.15) is 0 Å². The maximum Gasteiger partial charge on any atom is 0.252 e. The Morgan fingerprint density at radius 2 is 2.00 bits per heavy atom. The van der Waals surface area contributed by atoms with Crippen LogP contribution in [0.3, 0.4) is 0 Å². The fourth-order valence-electron chi connectivity index (χ4n) is 1.05. The molecule has 2 nitrogen and oxygen atoms in total. The van der Waals surface area contributed by atoms with E-state index in [1.54, 1.807) is 6.54 Å². The summed E-state index contributed by atoms with van der Waals surface area (Å²) in [6, 6.07) is 7.49. The molecule has 49 valence electrons. The molecule has 10 heavy (non-hydrogen) atoms. The second kappa shape index (κ2) is 1.84. The summed E-state index contributed by atoms with van der Waals surface area (Å²) in [5.41, 5.74) is 1.75. The molecular formula is C8H6NO. The van der Waals surface area contributed by atoms with Gasteiger partial charge in [-0.15, -0.1) is 0 Å². The van der Waals surface area contributed by atoms with Gasteiger partial charge >= 0.3 is 0 Å². The molecule has 1 N–H and O–H groups in total. The van der Waals surface area contributed by atoms with Crippen molar-refractivity contribution in [1.82, 2.24) is 5.32 Å². The largest absolute Gasteiger partial charge is 0.343 e. The lowest BCUT2D eigenvalue weighted by Gasteiger charge is -1.89. The van der Waals surface area contributed by atoms with Crippen LogP contribution in [0.1, 0.15) is 15.9 Å². The summed E-state index contributed by atoms with van der Waals surface area (Å²) in [5.74, 6) is -0.00407. The van der Waals surface area contributed by atoms with E-state index in [2.05, 4.69) is 5.32 Å². The predicted molar refractivity (Wildman–Crippen MR) is 37.3 cm³/mol. The molecule has 0 saturated carbocycles. The molecule has 2 rings (SSSR count). The molecule has 1 aliphatic heterocycles. The molecule has 0 fully saturated rings. The van der Waals surface area contributed by atoms with Crippen molar-refractivity contribution in [1.29, 1.82) is 0 Å². The zero-order chi connectivity index (χ0) is 6.97. The van der Waals surface area contributed by atoms with E-state index in [0.717, 1.165) is 11.1 Å². The zero-order valence-corrected chi connectivity index (χ0v) is 5.29. The quantitative estimate of drug-likeness (QED) is 0.559. The molecule has 0 aliphatic carbocycles. The standard InChI is InChI=1S/C8H6NO/c10-8-7-4-2-1-3-6(7)5-9-8/h1-5H,(H,9,10). The van der Waals surface area contributed by atoms with Crippen molar-refractivity contribution in [3.8, 4) is 0 Å². The van der Waals surface area contributed by atoms with Crippen molar-refractivity contribution >= 4 is 5.91 Å². The molecule has 1 amide bonds. The third-order valence-electron chi connectivity index (χ3n) is 1.56. The SMILES string of the molecule is O=C1N[CH]c2ccccc21. The van der Waals surface area contributed by atoms with Gasteiger partial charge in [0, 0.05) is 5.56 Å². The van der Waals surface area contributed by atoms with Crippen LogP contribution >= 0.6 is 0 Å². The molecule has 0 bridgehead atoms. The van der Waals surface area contributed by atoms with Gasteiger partial charge in [-0.2, -0.15) is 0 Å². The minimum absolute atomic E-state index is 0.00407. The van der Waals surface area contributed by atoms with Gasteiger partial charge in [0.05, 0.1) is 6.54 Å². The van der Waals surface area contributed by atoms with Crippen LogP contribution < -0.4 is 5.32 Å². The van der Waals surface area contributed by atoms with Crippen molar-refractivity contribution in [2.45, 2.75) is 0 Å². The van der Waals surface area contributed by atoms with Gasteiger partial charge in [-0.3, -0.25) is 4.79 Å². The van der Waals surface area contributed by atoms with Crippen molar-refractivity contribution in [2.24, 2.45) is 0 Å². The van der Waals surface area contributed by atoms with Crippen molar-refractivity contribution in [3.05, 3.63) is 41.9 Å². The summed E-state index contributed by atoms with van der Waals surface area (Å²) in [7, 11) is 0. The van der Waals surface area contributed by atoms with Crippen molar-refractivity contribution in [3.63, 3.8) is 0 Å². The first-order valence-corrected chi connectivity index (χ1v) is 3.11. The molecule has 1 aromatic carbocycles. The van der Waals surface area contributed by atoms with Gasteiger partial charge in [-0.1, -0.05) is 18.2 Å². The van der Waals surface area contributed by atoms with Gasteiger partial charge < -0.3 is 5.32 Å². The maximum absolute atomic E-state index is 10.9. The Morgan fingerprint density at radius 3 is 2.80 bits per heavy atom. The van der Waals surface area contributed by atoms with Gasteiger partial charge in [-0.05, 0) is 11.6 Å². The molecule has 0 spiro atoms. The lowest BCUT2D eigenvalue weighted by atomic mass is 10.1. The minimum Gasteiger partial charge on any atom is -0.343 e. The van der Waals surface area contributed by atoms with Crippen molar-refractivity contribution in [2.75, 3.05) is 0 Å². The van der Waals surface area contributed by atoms with E-state index in [1.807, 2.05) is 24.3 Å². The van der Waals surface area contributed by atoms with E-state index in [9.17, 15) is 4.79 Å². The number of nitrogens with one attached hydrogen (secondary N) is 1. The Bertz CT molecular complexity index is 280. The normalized spacial score (nSPS) is 14.6. The monoisotopic (exact) mass is 132 g/mol. The fraction of sp³-hybridized carbons (Fsp3) is 0. The van der Waals surface area contributed by atoms with Crippen LogP contribution in [-0.2, 0) is 0 Å². The molecule has 0 saturated heterocycles.